The summed E-state index contributed by atoms with van der Waals surface area (Å²) in [4.78, 5) is 0. The summed E-state index contributed by atoms with van der Waals surface area (Å²) in [7, 11) is 0. The Morgan fingerprint density at radius 1 is 1.37 bits per heavy atom. The van der Waals surface area contributed by atoms with Gasteiger partial charge < -0.3 is 15.6 Å². The molecule has 0 spiro atoms. The minimum absolute atomic E-state index is 0. The fourth-order valence-corrected chi connectivity index (χ4v) is 1.89. The molecule has 0 amide bonds. The number of benzene rings is 1. The van der Waals surface area contributed by atoms with Crippen molar-refractivity contribution in [3.63, 3.8) is 0 Å². The second-order valence-corrected chi connectivity index (χ2v) is 4.53. The Morgan fingerprint density at radius 2 is 2.00 bits per heavy atom. The number of ether oxygens (including phenoxy) is 1. The predicted molar refractivity (Wildman–Crippen MR) is 66.3 cm³/mol. The van der Waals surface area contributed by atoms with Gasteiger partial charge in [-0.15, -0.1) is 25.6 Å². The molecule has 7 heteroatoms. The maximum atomic E-state index is 12.1. The Hall–Kier alpha value is -1.14. The molecule has 0 aromatic heterocycles. The van der Waals surface area contributed by atoms with E-state index >= 15 is 0 Å². The van der Waals surface area contributed by atoms with Crippen molar-refractivity contribution in [3.05, 3.63) is 23.8 Å². The molecule has 0 bridgehead atoms. The van der Waals surface area contributed by atoms with Crippen LogP contribution in [0.25, 0.3) is 0 Å². The van der Waals surface area contributed by atoms with Crippen LogP contribution in [0.1, 0.15) is 30.9 Å². The quantitative estimate of drug-likeness (QED) is 0.894. The summed E-state index contributed by atoms with van der Waals surface area (Å²) in [6, 6.07) is 3.51. The number of phenolic OH excluding ortho intramolecular Hbond substituents is 1. The summed E-state index contributed by atoms with van der Waals surface area (Å²) in [6.45, 7) is 0. The molecule has 1 aromatic rings. The van der Waals surface area contributed by atoms with Crippen molar-refractivity contribution in [1.29, 1.82) is 0 Å². The first-order valence-corrected chi connectivity index (χ1v) is 5.70. The van der Waals surface area contributed by atoms with Crippen molar-refractivity contribution >= 4 is 12.4 Å². The lowest BCUT2D eigenvalue weighted by Gasteiger charge is -2.16. The van der Waals surface area contributed by atoms with E-state index in [1.807, 2.05) is 0 Å². The minimum atomic E-state index is -4.82. The standard InChI is InChI=1S/C12H14F3NO2.ClH/c13-12(14,15)18-10-3-1-2-8(11(10)17)9(16)6-7-4-5-7;/h1-3,7,9,17H,4-6,16H2;1H/t9-;/m0./s1. The average Bonchev–Trinajstić information content (AvgIpc) is 3.03. The number of nitrogens with two attached hydrogens (primary N) is 1. The van der Waals surface area contributed by atoms with Gasteiger partial charge in [0, 0.05) is 11.6 Å². The lowest BCUT2D eigenvalue weighted by atomic mass is 10.0. The fraction of sp³-hybridized carbons (Fsp3) is 0.500. The lowest BCUT2D eigenvalue weighted by Crippen LogP contribution is -2.18. The highest BCUT2D eigenvalue weighted by molar-refractivity contribution is 5.85. The van der Waals surface area contributed by atoms with Crippen LogP contribution in [0.4, 0.5) is 13.2 Å². The lowest BCUT2D eigenvalue weighted by molar-refractivity contribution is -0.275. The number of para-hydroxylation sites is 1. The Bertz CT molecular complexity index is 435. The summed E-state index contributed by atoms with van der Waals surface area (Å²) in [5.74, 6) is -0.610. The van der Waals surface area contributed by atoms with E-state index in [0.717, 1.165) is 18.9 Å². The van der Waals surface area contributed by atoms with E-state index in [1.165, 1.54) is 12.1 Å². The average molecular weight is 298 g/mol. The summed E-state index contributed by atoms with van der Waals surface area (Å²) in [5, 5.41) is 9.75. The van der Waals surface area contributed by atoms with Gasteiger partial charge >= 0.3 is 6.36 Å². The van der Waals surface area contributed by atoms with E-state index in [4.69, 9.17) is 5.73 Å². The summed E-state index contributed by atoms with van der Waals surface area (Å²) in [5.41, 5.74) is 6.17. The zero-order valence-electron chi connectivity index (χ0n) is 9.98. The van der Waals surface area contributed by atoms with Gasteiger partial charge in [-0.3, -0.25) is 0 Å². The van der Waals surface area contributed by atoms with Gasteiger partial charge in [0.1, 0.15) is 0 Å². The largest absolute Gasteiger partial charge is 0.573 e. The molecular formula is C12H15ClF3NO2. The summed E-state index contributed by atoms with van der Waals surface area (Å²) >= 11 is 0. The summed E-state index contributed by atoms with van der Waals surface area (Å²) < 4.78 is 40.1. The van der Waals surface area contributed by atoms with Crippen LogP contribution in [0.5, 0.6) is 11.5 Å². The van der Waals surface area contributed by atoms with Crippen molar-refractivity contribution in [3.8, 4) is 11.5 Å². The Labute approximate surface area is 115 Å². The van der Waals surface area contributed by atoms with Gasteiger partial charge in [0.2, 0.25) is 0 Å². The van der Waals surface area contributed by atoms with Gasteiger partial charge in [-0.1, -0.05) is 25.0 Å². The molecule has 0 aliphatic heterocycles. The molecule has 108 valence electrons. The first-order chi connectivity index (χ1) is 8.37. The van der Waals surface area contributed by atoms with Crippen LogP contribution in [-0.2, 0) is 0 Å². The molecule has 1 aliphatic carbocycles. The van der Waals surface area contributed by atoms with Crippen molar-refractivity contribution in [2.75, 3.05) is 0 Å². The first kappa shape index (κ1) is 15.9. The highest BCUT2D eigenvalue weighted by Gasteiger charge is 2.33. The highest BCUT2D eigenvalue weighted by Crippen LogP contribution is 2.41. The number of rotatable bonds is 4. The topological polar surface area (TPSA) is 55.5 Å². The third kappa shape index (κ3) is 4.47. The smallest absolute Gasteiger partial charge is 0.504 e. The number of aromatic hydroxyl groups is 1. The fourth-order valence-electron chi connectivity index (χ4n) is 1.89. The van der Waals surface area contributed by atoms with E-state index in [-0.39, 0.29) is 12.4 Å². The van der Waals surface area contributed by atoms with Crippen LogP contribution < -0.4 is 10.5 Å². The molecule has 0 saturated heterocycles. The molecule has 1 atom stereocenters. The maximum absolute atomic E-state index is 12.1. The number of hydrogen-bond acceptors (Lipinski definition) is 3. The molecule has 19 heavy (non-hydrogen) atoms. The Balaban J connectivity index is 0.00000180. The van der Waals surface area contributed by atoms with Crippen LogP contribution in [0, 0.1) is 5.92 Å². The molecule has 1 fully saturated rings. The number of hydrogen-bond donors (Lipinski definition) is 2. The van der Waals surface area contributed by atoms with E-state index in [1.54, 1.807) is 0 Å². The van der Waals surface area contributed by atoms with E-state index in [9.17, 15) is 18.3 Å². The van der Waals surface area contributed by atoms with Gasteiger partial charge in [-0.05, 0) is 18.4 Å². The molecule has 1 aromatic carbocycles. The SMILES string of the molecule is Cl.N[C@@H](CC1CC1)c1cccc(OC(F)(F)F)c1O. The molecule has 3 nitrogen and oxygen atoms in total. The highest BCUT2D eigenvalue weighted by atomic mass is 35.5. The van der Waals surface area contributed by atoms with Crippen LogP contribution in [-0.4, -0.2) is 11.5 Å². The van der Waals surface area contributed by atoms with Crippen LogP contribution in [0.15, 0.2) is 18.2 Å². The van der Waals surface area contributed by atoms with Crippen LogP contribution in [0.3, 0.4) is 0 Å². The zero-order chi connectivity index (χ0) is 13.3. The van der Waals surface area contributed by atoms with Crippen molar-refractivity contribution in [2.24, 2.45) is 11.7 Å². The third-order valence-corrected chi connectivity index (χ3v) is 2.94. The second kappa shape index (κ2) is 5.88. The zero-order valence-corrected chi connectivity index (χ0v) is 10.8. The number of alkyl halides is 3. The van der Waals surface area contributed by atoms with Gasteiger partial charge in [-0.25, -0.2) is 0 Å². The monoisotopic (exact) mass is 297 g/mol. The normalized spacial score (nSPS) is 16.6. The van der Waals surface area contributed by atoms with Gasteiger partial charge in [-0.2, -0.15) is 0 Å². The van der Waals surface area contributed by atoms with Gasteiger partial charge in [0.05, 0.1) is 0 Å². The molecule has 2 rings (SSSR count). The van der Waals surface area contributed by atoms with E-state index < -0.39 is 23.9 Å². The molecule has 1 aliphatic rings. The van der Waals surface area contributed by atoms with Crippen molar-refractivity contribution in [2.45, 2.75) is 31.7 Å². The van der Waals surface area contributed by atoms with Crippen LogP contribution >= 0.6 is 12.4 Å². The number of phenols is 1. The molecule has 0 unspecified atom stereocenters. The third-order valence-electron chi connectivity index (χ3n) is 2.94. The Kier molecular flexibility index (Phi) is 4.92. The molecule has 0 heterocycles. The van der Waals surface area contributed by atoms with Gasteiger partial charge in [0.15, 0.2) is 11.5 Å². The molecule has 1 saturated carbocycles. The molecule has 0 radical (unpaired) electrons. The maximum Gasteiger partial charge on any atom is 0.573 e. The predicted octanol–water partition coefficient (Wildman–Crippen LogP) is 3.51. The van der Waals surface area contributed by atoms with E-state index in [2.05, 4.69) is 4.74 Å². The van der Waals surface area contributed by atoms with E-state index in [0.29, 0.717) is 17.9 Å². The second-order valence-electron chi connectivity index (χ2n) is 4.53. The Morgan fingerprint density at radius 3 is 2.53 bits per heavy atom. The van der Waals surface area contributed by atoms with Crippen LogP contribution in [0.2, 0.25) is 0 Å². The van der Waals surface area contributed by atoms with Gasteiger partial charge in [0.25, 0.3) is 0 Å². The van der Waals surface area contributed by atoms with Crippen molar-refractivity contribution in [1.82, 2.24) is 0 Å². The minimum Gasteiger partial charge on any atom is -0.504 e. The molecule has 3 N–H and O–H groups in total. The van der Waals surface area contributed by atoms with Crippen molar-refractivity contribution < 1.29 is 23.0 Å². The number of halogens is 4. The first-order valence-electron chi connectivity index (χ1n) is 5.70. The summed E-state index contributed by atoms with van der Waals surface area (Å²) in [6.07, 6.45) is -1.97. The molecular weight excluding hydrogens is 283 g/mol.